The molecule has 0 bridgehead atoms. The van der Waals surface area contributed by atoms with E-state index in [4.69, 9.17) is 0 Å². The Morgan fingerprint density at radius 3 is 2.27 bits per heavy atom. The van der Waals surface area contributed by atoms with Gasteiger partial charge < -0.3 is 15.1 Å². The van der Waals surface area contributed by atoms with Crippen molar-refractivity contribution in [2.45, 2.75) is 53.2 Å². The minimum Gasteiger partial charge on any atom is -0.332 e. The highest BCUT2D eigenvalue weighted by Gasteiger charge is 2.25. The predicted molar refractivity (Wildman–Crippen MR) is 136 cm³/mol. The molecule has 0 aliphatic carbocycles. The number of nitrogens with zero attached hydrogens (tertiary/aromatic N) is 2. The van der Waals surface area contributed by atoms with Crippen LogP contribution in [0.2, 0.25) is 0 Å². The number of aryl methyl sites for hydroxylation is 2. The molecule has 1 unspecified atom stereocenters. The number of benzene rings is 2. The van der Waals surface area contributed by atoms with Gasteiger partial charge in [-0.15, -0.1) is 11.3 Å². The second kappa shape index (κ2) is 11.7. The fourth-order valence-corrected chi connectivity index (χ4v) is 4.42. The van der Waals surface area contributed by atoms with E-state index in [1.807, 2.05) is 80.3 Å². The van der Waals surface area contributed by atoms with Gasteiger partial charge in [0, 0.05) is 23.2 Å². The van der Waals surface area contributed by atoms with Gasteiger partial charge in [-0.3, -0.25) is 4.79 Å². The molecule has 1 heterocycles. The minimum absolute atomic E-state index is 0.0317. The Morgan fingerprint density at radius 1 is 0.970 bits per heavy atom. The molecule has 3 rings (SSSR count). The fraction of sp³-hybridized carbons (Fsp3) is 0.333. The second-order valence-corrected chi connectivity index (χ2v) is 9.44. The van der Waals surface area contributed by atoms with Crippen LogP contribution in [0.3, 0.4) is 0 Å². The molecule has 2 aromatic carbocycles. The molecule has 0 aliphatic rings. The van der Waals surface area contributed by atoms with Crippen LogP contribution in [0, 0.1) is 13.8 Å². The third-order valence-corrected chi connectivity index (χ3v) is 6.87. The van der Waals surface area contributed by atoms with E-state index in [0.717, 1.165) is 23.2 Å². The maximum Gasteiger partial charge on any atom is 0.322 e. The zero-order valence-corrected chi connectivity index (χ0v) is 20.7. The number of urea groups is 1. The Hall–Kier alpha value is -3.12. The second-order valence-electron chi connectivity index (χ2n) is 8.44. The topological polar surface area (TPSA) is 52.7 Å². The number of carbonyl (C=O) groups excluding carboxylic acids is 2. The van der Waals surface area contributed by atoms with Crippen molar-refractivity contribution in [1.82, 2.24) is 9.80 Å². The Balaban J connectivity index is 1.78. The number of anilines is 1. The van der Waals surface area contributed by atoms with Crippen LogP contribution in [0.1, 0.15) is 41.8 Å². The van der Waals surface area contributed by atoms with E-state index >= 15 is 0 Å². The van der Waals surface area contributed by atoms with Crippen molar-refractivity contribution < 1.29 is 9.59 Å². The quantitative estimate of drug-likeness (QED) is 0.409. The molecular weight excluding hydrogens is 430 g/mol. The van der Waals surface area contributed by atoms with Gasteiger partial charge in [0.1, 0.15) is 6.54 Å². The number of rotatable bonds is 9. The zero-order valence-electron chi connectivity index (χ0n) is 19.9. The first-order valence-electron chi connectivity index (χ1n) is 11.4. The van der Waals surface area contributed by atoms with E-state index in [1.54, 1.807) is 16.2 Å². The molecule has 3 amide bonds. The molecular formula is C27H33N3O2S. The summed E-state index contributed by atoms with van der Waals surface area (Å²) in [5.74, 6) is -0.0639. The van der Waals surface area contributed by atoms with Gasteiger partial charge in [-0.25, -0.2) is 4.79 Å². The van der Waals surface area contributed by atoms with Gasteiger partial charge in [0.25, 0.3) is 0 Å². The summed E-state index contributed by atoms with van der Waals surface area (Å²) in [5, 5.41) is 5.00. The largest absolute Gasteiger partial charge is 0.332 e. The lowest BCUT2D eigenvalue weighted by Gasteiger charge is -2.31. The fourth-order valence-electron chi connectivity index (χ4n) is 3.50. The molecule has 3 aromatic rings. The predicted octanol–water partition coefficient (Wildman–Crippen LogP) is 6.23. The standard InChI is InChI=1S/C27H33N3O2S/c1-5-22(4)30(27(32)28-24-13-11-20(2)12-14-24)19-26(31)29(17-23-9-7-6-8-10-23)18-25-21(3)15-16-33-25/h6-16,22H,5,17-19H2,1-4H3,(H,28,32). The first-order chi connectivity index (χ1) is 15.9. The number of hydrogen-bond donors (Lipinski definition) is 1. The van der Waals surface area contributed by atoms with Crippen molar-refractivity contribution in [3.63, 3.8) is 0 Å². The highest BCUT2D eigenvalue weighted by molar-refractivity contribution is 7.10. The first kappa shape index (κ1) is 24.5. The summed E-state index contributed by atoms with van der Waals surface area (Å²) in [5.41, 5.74) is 4.10. The minimum atomic E-state index is -0.256. The SMILES string of the molecule is CCC(C)N(CC(=O)N(Cc1ccccc1)Cc1sccc1C)C(=O)Nc1ccc(C)cc1. The highest BCUT2D eigenvalue weighted by atomic mass is 32.1. The number of amides is 3. The summed E-state index contributed by atoms with van der Waals surface area (Å²) in [7, 11) is 0. The number of hydrogen-bond acceptors (Lipinski definition) is 3. The van der Waals surface area contributed by atoms with E-state index in [9.17, 15) is 9.59 Å². The lowest BCUT2D eigenvalue weighted by atomic mass is 10.2. The monoisotopic (exact) mass is 463 g/mol. The summed E-state index contributed by atoms with van der Waals surface area (Å²) < 4.78 is 0. The number of thiophene rings is 1. The molecule has 1 N–H and O–H groups in total. The van der Waals surface area contributed by atoms with Gasteiger partial charge in [-0.05, 0) is 61.9 Å². The molecule has 6 heteroatoms. The molecule has 33 heavy (non-hydrogen) atoms. The van der Waals surface area contributed by atoms with E-state index < -0.39 is 0 Å². The van der Waals surface area contributed by atoms with Crippen LogP contribution in [-0.4, -0.2) is 34.3 Å². The van der Waals surface area contributed by atoms with Crippen molar-refractivity contribution in [3.05, 3.63) is 87.6 Å². The van der Waals surface area contributed by atoms with Gasteiger partial charge >= 0.3 is 6.03 Å². The van der Waals surface area contributed by atoms with E-state index in [1.165, 1.54) is 10.4 Å². The van der Waals surface area contributed by atoms with Crippen LogP contribution in [-0.2, 0) is 17.9 Å². The molecule has 1 aromatic heterocycles. The first-order valence-corrected chi connectivity index (χ1v) is 12.2. The van der Waals surface area contributed by atoms with Crippen molar-refractivity contribution >= 4 is 29.0 Å². The van der Waals surface area contributed by atoms with Crippen molar-refractivity contribution in [1.29, 1.82) is 0 Å². The molecule has 1 atom stereocenters. The molecule has 0 spiro atoms. The van der Waals surface area contributed by atoms with Crippen LogP contribution < -0.4 is 5.32 Å². The van der Waals surface area contributed by atoms with Crippen LogP contribution >= 0.6 is 11.3 Å². The Morgan fingerprint density at radius 2 is 1.67 bits per heavy atom. The van der Waals surface area contributed by atoms with E-state index in [0.29, 0.717) is 13.1 Å². The smallest absolute Gasteiger partial charge is 0.322 e. The maximum absolute atomic E-state index is 13.5. The normalized spacial score (nSPS) is 11.6. The number of carbonyl (C=O) groups is 2. The molecule has 0 fully saturated rings. The van der Waals surface area contributed by atoms with Crippen molar-refractivity contribution in [2.75, 3.05) is 11.9 Å². The van der Waals surface area contributed by atoms with Gasteiger partial charge in [0.15, 0.2) is 0 Å². The lowest BCUT2D eigenvalue weighted by molar-refractivity contribution is -0.133. The van der Waals surface area contributed by atoms with Crippen LogP contribution in [0.5, 0.6) is 0 Å². The zero-order chi connectivity index (χ0) is 23.8. The Bertz CT molecular complexity index is 1050. The third kappa shape index (κ3) is 6.93. The molecule has 0 saturated heterocycles. The van der Waals surface area contributed by atoms with Crippen LogP contribution in [0.15, 0.2) is 66.0 Å². The van der Waals surface area contributed by atoms with Gasteiger partial charge in [0.2, 0.25) is 5.91 Å². The highest BCUT2D eigenvalue weighted by Crippen LogP contribution is 2.20. The summed E-state index contributed by atoms with van der Waals surface area (Å²) in [4.78, 5) is 31.3. The molecule has 5 nitrogen and oxygen atoms in total. The third-order valence-electron chi connectivity index (χ3n) is 5.86. The van der Waals surface area contributed by atoms with Gasteiger partial charge in [0.05, 0.1) is 6.54 Å². The summed E-state index contributed by atoms with van der Waals surface area (Å²) in [6.07, 6.45) is 0.761. The lowest BCUT2D eigenvalue weighted by Crippen LogP contribution is -2.47. The molecule has 0 radical (unpaired) electrons. The van der Waals surface area contributed by atoms with Crippen LogP contribution in [0.4, 0.5) is 10.5 Å². The van der Waals surface area contributed by atoms with Gasteiger partial charge in [-0.2, -0.15) is 0 Å². The van der Waals surface area contributed by atoms with Gasteiger partial charge in [-0.1, -0.05) is 55.0 Å². The summed E-state index contributed by atoms with van der Waals surface area (Å²) in [6, 6.07) is 19.4. The molecule has 174 valence electrons. The summed E-state index contributed by atoms with van der Waals surface area (Å²) >= 11 is 1.66. The van der Waals surface area contributed by atoms with Crippen molar-refractivity contribution in [3.8, 4) is 0 Å². The Kier molecular flexibility index (Phi) is 8.66. The number of nitrogens with one attached hydrogen (secondary N) is 1. The average Bonchev–Trinajstić information content (AvgIpc) is 3.22. The summed E-state index contributed by atoms with van der Waals surface area (Å²) in [6.45, 7) is 9.15. The van der Waals surface area contributed by atoms with Crippen LogP contribution in [0.25, 0.3) is 0 Å². The molecule has 0 saturated carbocycles. The van der Waals surface area contributed by atoms with E-state index in [2.05, 4.69) is 23.7 Å². The molecule has 0 aliphatic heterocycles. The average molecular weight is 464 g/mol. The maximum atomic E-state index is 13.5. The van der Waals surface area contributed by atoms with E-state index in [-0.39, 0.29) is 24.5 Å². The Labute approximate surface area is 201 Å². The van der Waals surface area contributed by atoms with Crippen molar-refractivity contribution in [2.24, 2.45) is 0 Å².